The monoisotopic (exact) mass is 359 g/mol. The molecule has 0 aliphatic heterocycles. The summed E-state index contributed by atoms with van der Waals surface area (Å²) in [6.07, 6.45) is 1.20. The molecule has 9 heteroatoms. The molecular weight excluding hydrogens is 334 g/mol. The maximum Gasteiger partial charge on any atom is 0.251 e. The number of methoxy groups -OCH3 is 1. The molecule has 0 fully saturated rings. The average molecular weight is 359 g/mol. The molecule has 1 aromatic heterocycles. The van der Waals surface area contributed by atoms with Gasteiger partial charge in [0.25, 0.3) is 5.56 Å². The quantitative estimate of drug-likeness (QED) is 0.671. The van der Waals surface area contributed by atoms with Crippen LogP contribution in [0.5, 0.6) is 0 Å². The highest BCUT2D eigenvalue weighted by molar-refractivity contribution is 7.89. The smallest absolute Gasteiger partial charge is 0.251 e. The Morgan fingerprint density at radius 2 is 1.96 bits per heavy atom. The molecule has 1 amide bonds. The Hall–Kier alpha value is -1.71. The highest BCUT2D eigenvalue weighted by Crippen LogP contribution is 2.13. The second-order valence-corrected chi connectivity index (χ2v) is 7.28. The molecule has 1 aromatic rings. The summed E-state index contributed by atoms with van der Waals surface area (Å²) in [5.41, 5.74) is -0.442. The molecule has 0 radical (unpaired) electrons. The van der Waals surface area contributed by atoms with Crippen LogP contribution >= 0.6 is 0 Å². The van der Waals surface area contributed by atoms with Gasteiger partial charge in [-0.2, -0.15) is 4.31 Å². The molecule has 0 saturated carbocycles. The van der Waals surface area contributed by atoms with Crippen molar-refractivity contribution >= 4 is 15.9 Å². The fraction of sp³-hybridized carbons (Fsp3) is 0.600. The summed E-state index contributed by atoms with van der Waals surface area (Å²) >= 11 is 0. The van der Waals surface area contributed by atoms with Gasteiger partial charge in [0.2, 0.25) is 15.9 Å². The number of hydrogen-bond acceptors (Lipinski definition) is 5. The number of carbonyl (C=O) groups is 1. The molecule has 1 heterocycles. The van der Waals surface area contributed by atoms with Gasteiger partial charge in [0.15, 0.2) is 0 Å². The second kappa shape index (κ2) is 8.95. The van der Waals surface area contributed by atoms with Crippen molar-refractivity contribution in [2.24, 2.45) is 0 Å². The van der Waals surface area contributed by atoms with Gasteiger partial charge < -0.3 is 14.6 Å². The Balaban J connectivity index is 3.03. The Bertz CT molecular complexity index is 710. The predicted molar refractivity (Wildman–Crippen MR) is 90.3 cm³/mol. The molecule has 0 aromatic carbocycles. The number of pyridine rings is 1. The molecule has 1 atom stereocenters. The maximum absolute atomic E-state index is 12.5. The van der Waals surface area contributed by atoms with E-state index in [1.807, 2.05) is 0 Å². The van der Waals surface area contributed by atoms with E-state index in [9.17, 15) is 18.0 Å². The molecule has 1 unspecified atom stereocenters. The van der Waals surface area contributed by atoms with E-state index in [4.69, 9.17) is 4.74 Å². The van der Waals surface area contributed by atoms with Crippen molar-refractivity contribution in [3.05, 3.63) is 28.7 Å². The fourth-order valence-corrected chi connectivity index (χ4v) is 3.74. The van der Waals surface area contributed by atoms with Crippen molar-refractivity contribution in [1.82, 2.24) is 14.2 Å². The maximum atomic E-state index is 12.5. The third kappa shape index (κ3) is 5.15. The summed E-state index contributed by atoms with van der Waals surface area (Å²) < 4.78 is 32.3. The van der Waals surface area contributed by atoms with Crippen LogP contribution in [0.25, 0.3) is 0 Å². The predicted octanol–water partition coefficient (Wildman–Crippen LogP) is 0.0299. The van der Waals surface area contributed by atoms with E-state index >= 15 is 0 Å². The van der Waals surface area contributed by atoms with Crippen LogP contribution in [0.2, 0.25) is 0 Å². The Morgan fingerprint density at radius 3 is 2.50 bits per heavy atom. The highest BCUT2D eigenvalue weighted by atomic mass is 32.2. The van der Waals surface area contributed by atoms with Crippen LogP contribution in [0.1, 0.15) is 20.8 Å². The van der Waals surface area contributed by atoms with Crippen molar-refractivity contribution in [2.45, 2.75) is 38.3 Å². The molecule has 0 saturated heterocycles. The lowest BCUT2D eigenvalue weighted by Gasteiger charge is -2.19. The van der Waals surface area contributed by atoms with Crippen LogP contribution in [-0.2, 0) is 26.1 Å². The minimum atomic E-state index is -3.69. The zero-order chi connectivity index (χ0) is 18.3. The highest BCUT2D eigenvalue weighted by Gasteiger charge is 2.22. The van der Waals surface area contributed by atoms with E-state index in [2.05, 4.69) is 5.32 Å². The van der Waals surface area contributed by atoms with Crippen LogP contribution < -0.4 is 10.9 Å². The molecule has 1 rings (SSSR count). The van der Waals surface area contributed by atoms with E-state index in [0.29, 0.717) is 19.7 Å². The molecule has 8 nitrogen and oxygen atoms in total. The number of sulfonamides is 1. The number of nitrogens with one attached hydrogen (secondary N) is 1. The normalized spacial score (nSPS) is 13.0. The Kier molecular flexibility index (Phi) is 7.59. The first-order valence-corrected chi connectivity index (χ1v) is 9.19. The lowest BCUT2D eigenvalue weighted by molar-refractivity contribution is -0.122. The molecule has 24 heavy (non-hydrogen) atoms. The number of aromatic nitrogens is 1. The third-order valence-corrected chi connectivity index (χ3v) is 5.47. The number of ether oxygens (including phenoxy) is 1. The first kappa shape index (κ1) is 20.3. The molecular formula is C15H25N3O5S. The third-order valence-electron chi connectivity index (χ3n) is 3.44. The van der Waals surface area contributed by atoms with Crippen molar-refractivity contribution < 1.29 is 17.9 Å². The summed E-state index contributed by atoms with van der Waals surface area (Å²) in [5.74, 6) is -0.390. The van der Waals surface area contributed by atoms with Crippen molar-refractivity contribution in [3.8, 4) is 0 Å². The van der Waals surface area contributed by atoms with E-state index in [-0.39, 0.29) is 23.4 Å². The topological polar surface area (TPSA) is 97.7 Å². The lowest BCUT2D eigenvalue weighted by atomic mass is 10.3. The van der Waals surface area contributed by atoms with E-state index in [1.54, 1.807) is 20.8 Å². The standard InChI is InChI=1S/C15H25N3O5S/c1-5-18(6-2)24(21,22)13-7-8-15(20)17(9-13)10-14(19)16-12(3)11-23-4/h7-9,12H,5-6,10-11H2,1-4H3,(H,16,19). The largest absolute Gasteiger partial charge is 0.383 e. The van der Waals surface area contributed by atoms with E-state index in [1.165, 1.54) is 23.7 Å². The second-order valence-electron chi connectivity index (χ2n) is 5.34. The summed E-state index contributed by atoms with van der Waals surface area (Å²) in [6, 6.07) is 2.21. The first-order chi connectivity index (χ1) is 11.3. The average Bonchev–Trinajstić information content (AvgIpc) is 2.50. The minimum Gasteiger partial charge on any atom is -0.383 e. The minimum absolute atomic E-state index is 0.0106. The van der Waals surface area contributed by atoms with Crippen molar-refractivity contribution in [1.29, 1.82) is 0 Å². The van der Waals surface area contributed by atoms with Crippen molar-refractivity contribution in [2.75, 3.05) is 26.8 Å². The van der Waals surface area contributed by atoms with Gasteiger partial charge in [-0.25, -0.2) is 8.42 Å². The van der Waals surface area contributed by atoms with Crippen molar-refractivity contribution in [3.63, 3.8) is 0 Å². The zero-order valence-corrected chi connectivity index (χ0v) is 15.3. The molecule has 0 spiro atoms. The van der Waals surface area contributed by atoms with Crippen LogP contribution in [-0.4, -0.2) is 56.0 Å². The van der Waals surface area contributed by atoms with E-state index in [0.717, 1.165) is 10.6 Å². The Morgan fingerprint density at radius 1 is 1.33 bits per heavy atom. The van der Waals surface area contributed by atoms with Crippen LogP contribution in [0.15, 0.2) is 28.0 Å². The molecule has 0 aliphatic carbocycles. The summed E-state index contributed by atoms with van der Waals surface area (Å²) in [7, 11) is -2.16. The molecule has 1 N–H and O–H groups in total. The SMILES string of the molecule is CCN(CC)S(=O)(=O)c1ccc(=O)n(CC(=O)NC(C)COC)c1. The summed E-state index contributed by atoms with van der Waals surface area (Å²) in [5, 5.41) is 2.68. The number of rotatable bonds is 9. The molecule has 0 aliphatic rings. The van der Waals surface area contributed by atoms with Crippen LogP contribution in [0.4, 0.5) is 0 Å². The number of hydrogen-bond donors (Lipinski definition) is 1. The van der Waals surface area contributed by atoms with Gasteiger partial charge in [-0.05, 0) is 13.0 Å². The zero-order valence-electron chi connectivity index (χ0n) is 14.5. The molecule has 136 valence electrons. The van der Waals surface area contributed by atoms with Gasteiger partial charge in [-0.3, -0.25) is 9.59 Å². The van der Waals surface area contributed by atoms with Crippen LogP contribution in [0, 0.1) is 0 Å². The van der Waals surface area contributed by atoms with Crippen LogP contribution in [0.3, 0.4) is 0 Å². The van der Waals surface area contributed by atoms with Gasteiger partial charge in [-0.15, -0.1) is 0 Å². The fourth-order valence-electron chi connectivity index (χ4n) is 2.26. The van der Waals surface area contributed by atoms with Gasteiger partial charge in [0.1, 0.15) is 6.54 Å². The van der Waals surface area contributed by atoms with Gasteiger partial charge in [-0.1, -0.05) is 13.8 Å². The van der Waals surface area contributed by atoms with Gasteiger partial charge >= 0.3 is 0 Å². The Labute approximate surface area is 142 Å². The van der Waals surface area contributed by atoms with E-state index < -0.39 is 15.6 Å². The van der Waals surface area contributed by atoms with Gasteiger partial charge in [0, 0.05) is 38.5 Å². The lowest BCUT2D eigenvalue weighted by Crippen LogP contribution is -2.39. The van der Waals surface area contributed by atoms with Gasteiger partial charge in [0.05, 0.1) is 11.5 Å². The number of carbonyl (C=O) groups excluding carboxylic acids is 1. The summed E-state index contributed by atoms with van der Waals surface area (Å²) in [6.45, 7) is 5.99. The number of amides is 1. The molecule has 0 bridgehead atoms. The first-order valence-electron chi connectivity index (χ1n) is 7.75. The summed E-state index contributed by atoms with van der Waals surface area (Å²) in [4.78, 5) is 23.9. The number of nitrogens with zero attached hydrogens (tertiary/aromatic N) is 2.